The summed E-state index contributed by atoms with van der Waals surface area (Å²) in [6, 6.07) is 8.12. The molecule has 0 fully saturated rings. The maximum Gasteiger partial charge on any atom is 0.305 e. The van der Waals surface area contributed by atoms with Crippen molar-refractivity contribution >= 4 is 11.8 Å². The van der Waals surface area contributed by atoms with Crippen molar-refractivity contribution in [2.24, 2.45) is 0 Å². The van der Waals surface area contributed by atoms with E-state index in [0.29, 0.717) is 12.1 Å². The first kappa shape index (κ1) is 16.3. The molecule has 0 aliphatic heterocycles. The molecule has 20 heavy (non-hydrogen) atoms. The third-order valence-electron chi connectivity index (χ3n) is 2.93. The van der Waals surface area contributed by atoms with Crippen molar-refractivity contribution < 1.29 is 14.7 Å². The van der Waals surface area contributed by atoms with Crippen LogP contribution in [-0.2, 0) is 4.79 Å². The van der Waals surface area contributed by atoms with Crippen molar-refractivity contribution in [2.75, 3.05) is 27.2 Å². The van der Waals surface area contributed by atoms with E-state index >= 15 is 0 Å². The number of carboxylic acids is 1. The van der Waals surface area contributed by atoms with Crippen LogP contribution in [0.4, 0.5) is 0 Å². The molecule has 0 spiro atoms. The number of Topliss-reactive ketones (excluding diaryl/α,β-unsaturated/α-hetero) is 1. The number of benzene rings is 1. The molecule has 0 aromatic heterocycles. The zero-order valence-corrected chi connectivity index (χ0v) is 12.0. The minimum Gasteiger partial charge on any atom is -0.481 e. The number of carbonyl (C=O) groups excluding carboxylic acids is 1. The van der Waals surface area contributed by atoms with Crippen molar-refractivity contribution in [3.63, 3.8) is 0 Å². The van der Waals surface area contributed by atoms with Crippen LogP contribution >= 0.6 is 0 Å². The number of rotatable bonds is 9. The van der Waals surface area contributed by atoms with E-state index in [9.17, 15) is 9.59 Å². The summed E-state index contributed by atoms with van der Waals surface area (Å²) in [7, 11) is 3.95. The first-order valence-corrected chi connectivity index (χ1v) is 6.70. The average Bonchev–Trinajstić information content (AvgIpc) is 2.41. The Morgan fingerprint density at radius 3 is 2.45 bits per heavy atom. The third-order valence-corrected chi connectivity index (χ3v) is 2.93. The molecule has 0 bridgehead atoms. The summed E-state index contributed by atoms with van der Waals surface area (Å²) in [5.41, 5.74) is 0.541. The van der Waals surface area contributed by atoms with Gasteiger partial charge in [-0.1, -0.05) is 30.3 Å². The molecule has 2 N–H and O–H groups in total. The summed E-state index contributed by atoms with van der Waals surface area (Å²) in [4.78, 5) is 25.2. The van der Waals surface area contributed by atoms with Crippen molar-refractivity contribution in [1.29, 1.82) is 0 Å². The van der Waals surface area contributed by atoms with Gasteiger partial charge in [-0.2, -0.15) is 0 Å². The molecule has 1 atom stereocenters. The van der Waals surface area contributed by atoms with Crippen LogP contribution in [0.1, 0.15) is 23.2 Å². The number of hydrogen-bond acceptors (Lipinski definition) is 4. The molecular weight excluding hydrogens is 256 g/mol. The highest BCUT2D eigenvalue weighted by Gasteiger charge is 2.22. The van der Waals surface area contributed by atoms with Gasteiger partial charge in [0.25, 0.3) is 0 Å². The topological polar surface area (TPSA) is 69.6 Å². The summed E-state index contributed by atoms with van der Waals surface area (Å²) in [5.74, 6) is -1.14. The molecule has 5 nitrogen and oxygen atoms in total. The summed E-state index contributed by atoms with van der Waals surface area (Å²) in [6.45, 7) is 1.51. The quantitative estimate of drug-likeness (QED) is 0.525. The van der Waals surface area contributed by atoms with Crippen LogP contribution in [0.5, 0.6) is 0 Å². The van der Waals surface area contributed by atoms with Gasteiger partial charge in [0.2, 0.25) is 0 Å². The molecule has 0 saturated carbocycles. The lowest BCUT2D eigenvalue weighted by molar-refractivity contribution is -0.137. The SMILES string of the molecule is CN(C)CCCNC(CC(=O)O)C(=O)c1ccccc1. The van der Waals surface area contributed by atoms with Gasteiger partial charge in [0, 0.05) is 5.56 Å². The van der Waals surface area contributed by atoms with Crippen LogP contribution in [0.3, 0.4) is 0 Å². The number of carboxylic acid groups (broad SMARTS) is 1. The Kier molecular flexibility index (Phi) is 6.90. The molecule has 0 amide bonds. The minimum atomic E-state index is -0.973. The highest BCUT2D eigenvalue weighted by atomic mass is 16.4. The summed E-state index contributed by atoms with van der Waals surface area (Å²) in [6.07, 6.45) is 0.668. The molecule has 1 rings (SSSR count). The van der Waals surface area contributed by atoms with Gasteiger partial charge in [-0.05, 0) is 33.6 Å². The second-order valence-electron chi connectivity index (χ2n) is 4.99. The Hall–Kier alpha value is -1.72. The molecule has 0 aliphatic rings. The Morgan fingerprint density at radius 2 is 1.90 bits per heavy atom. The second kappa shape index (κ2) is 8.45. The Balaban J connectivity index is 2.59. The lowest BCUT2D eigenvalue weighted by atomic mass is 10.0. The predicted molar refractivity (Wildman–Crippen MR) is 78.0 cm³/mol. The largest absolute Gasteiger partial charge is 0.481 e. The van der Waals surface area contributed by atoms with Gasteiger partial charge in [0.05, 0.1) is 12.5 Å². The van der Waals surface area contributed by atoms with E-state index in [-0.39, 0.29) is 12.2 Å². The average molecular weight is 278 g/mol. The summed E-state index contributed by atoms with van der Waals surface area (Å²) >= 11 is 0. The van der Waals surface area contributed by atoms with E-state index < -0.39 is 12.0 Å². The van der Waals surface area contributed by atoms with Crippen LogP contribution in [0, 0.1) is 0 Å². The number of ketones is 1. The van der Waals surface area contributed by atoms with Crippen LogP contribution < -0.4 is 5.32 Å². The first-order chi connectivity index (χ1) is 9.50. The standard InChI is InChI=1S/C15H22N2O3/c1-17(2)10-6-9-16-13(11-14(18)19)15(20)12-7-4-3-5-8-12/h3-5,7-8,13,16H,6,9-11H2,1-2H3,(H,18,19). The Morgan fingerprint density at radius 1 is 1.25 bits per heavy atom. The van der Waals surface area contributed by atoms with Crippen molar-refractivity contribution in [1.82, 2.24) is 10.2 Å². The minimum absolute atomic E-state index is 0.169. The normalized spacial score (nSPS) is 12.3. The van der Waals surface area contributed by atoms with Gasteiger partial charge in [-0.15, -0.1) is 0 Å². The molecule has 1 unspecified atom stereocenters. The molecule has 0 radical (unpaired) electrons. The fourth-order valence-electron chi connectivity index (χ4n) is 1.91. The zero-order chi connectivity index (χ0) is 15.0. The molecule has 0 saturated heterocycles. The molecule has 110 valence electrons. The number of nitrogens with one attached hydrogen (secondary N) is 1. The summed E-state index contributed by atoms with van der Waals surface area (Å²) < 4.78 is 0. The lowest BCUT2D eigenvalue weighted by Gasteiger charge is -2.17. The molecule has 1 aromatic carbocycles. The maximum absolute atomic E-state index is 12.3. The molecular formula is C15H22N2O3. The van der Waals surface area contributed by atoms with Crippen LogP contribution in [-0.4, -0.2) is 55.0 Å². The highest BCUT2D eigenvalue weighted by Crippen LogP contribution is 2.06. The van der Waals surface area contributed by atoms with Crippen molar-refractivity contribution in [2.45, 2.75) is 18.9 Å². The van der Waals surface area contributed by atoms with E-state index in [1.165, 1.54) is 0 Å². The molecule has 1 aromatic rings. The van der Waals surface area contributed by atoms with Gasteiger partial charge in [-0.25, -0.2) is 0 Å². The van der Waals surface area contributed by atoms with Crippen molar-refractivity contribution in [3.05, 3.63) is 35.9 Å². The number of nitrogens with zero attached hydrogens (tertiary/aromatic N) is 1. The Labute approximate surface area is 119 Å². The van der Waals surface area contributed by atoms with Crippen LogP contribution in [0.2, 0.25) is 0 Å². The van der Waals surface area contributed by atoms with E-state index in [1.807, 2.05) is 25.1 Å². The van der Waals surface area contributed by atoms with E-state index in [4.69, 9.17) is 5.11 Å². The monoisotopic (exact) mass is 278 g/mol. The fourth-order valence-corrected chi connectivity index (χ4v) is 1.91. The van der Waals surface area contributed by atoms with Gasteiger partial charge in [0.1, 0.15) is 0 Å². The van der Waals surface area contributed by atoms with E-state index in [1.54, 1.807) is 24.3 Å². The number of hydrogen-bond donors (Lipinski definition) is 2. The highest BCUT2D eigenvalue weighted by molar-refractivity contribution is 6.01. The fraction of sp³-hybridized carbons (Fsp3) is 0.467. The predicted octanol–water partition coefficient (Wildman–Crippen LogP) is 1.25. The van der Waals surface area contributed by atoms with Gasteiger partial charge >= 0.3 is 5.97 Å². The van der Waals surface area contributed by atoms with Gasteiger partial charge in [0.15, 0.2) is 5.78 Å². The first-order valence-electron chi connectivity index (χ1n) is 6.70. The maximum atomic E-state index is 12.3. The number of carbonyl (C=O) groups is 2. The smallest absolute Gasteiger partial charge is 0.305 e. The van der Waals surface area contributed by atoms with Gasteiger partial charge in [-0.3, -0.25) is 9.59 Å². The molecule has 5 heteroatoms. The third kappa shape index (κ3) is 5.95. The van der Waals surface area contributed by atoms with E-state index in [0.717, 1.165) is 13.0 Å². The molecule has 0 heterocycles. The zero-order valence-electron chi connectivity index (χ0n) is 12.0. The van der Waals surface area contributed by atoms with Crippen LogP contribution in [0.15, 0.2) is 30.3 Å². The van der Waals surface area contributed by atoms with E-state index in [2.05, 4.69) is 5.32 Å². The Bertz CT molecular complexity index is 432. The lowest BCUT2D eigenvalue weighted by Crippen LogP contribution is -2.39. The second-order valence-corrected chi connectivity index (χ2v) is 4.99. The van der Waals surface area contributed by atoms with Crippen molar-refractivity contribution in [3.8, 4) is 0 Å². The number of aliphatic carboxylic acids is 1. The molecule has 0 aliphatic carbocycles. The van der Waals surface area contributed by atoms with Crippen LogP contribution in [0.25, 0.3) is 0 Å². The van der Waals surface area contributed by atoms with Gasteiger partial charge < -0.3 is 15.3 Å². The summed E-state index contributed by atoms with van der Waals surface area (Å²) in [5, 5.41) is 12.0.